The minimum absolute atomic E-state index is 0.191. The summed E-state index contributed by atoms with van der Waals surface area (Å²) in [6, 6.07) is 9.02. The largest absolute Gasteiger partial charge is 0.452 e. The average Bonchev–Trinajstić information content (AvgIpc) is 2.67. The van der Waals surface area contributed by atoms with Crippen molar-refractivity contribution in [1.29, 1.82) is 0 Å². The van der Waals surface area contributed by atoms with Crippen LogP contribution in [0.15, 0.2) is 54.6 Å². The number of carbonyl (C=O) groups is 3. The van der Waals surface area contributed by atoms with Crippen LogP contribution in [0.2, 0.25) is 0 Å². The van der Waals surface area contributed by atoms with E-state index in [2.05, 4.69) is 5.32 Å². The highest BCUT2D eigenvalue weighted by Crippen LogP contribution is 2.09. The third-order valence-electron chi connectivity index (χ3n) is 3.82. The lowest BCUT2D eigenvalue weighted by atomic mass is 10.3. The first kappa shape index (κ1) is 19.2. The molecule has 1 aliphatic rings. The molecule has 0 atom stereocenters. The van der Waals surface area contributed by atoms with E-state index in [0.717, 1.165) is 5.69 Å². The Morgan fingerprint density at radius 3 is 2.35 bits per heavy atom. The number of esters is 1. The lowest BCUT2D eigenvalue weighted by Crippen LogP contribution is -2.52. The van der Waals surface area contributed by atoms with E-state index in [1.165, 1.54) is 6.08 Å². The summed E-state index contributed by atoms with van der Waals surface area (Å²) in [7, 11) is 0. The lowest BCUT2D eigenvalue weighted by molar-refractivity contribution is -0.148. The van der Waals surface area contributed by atoms with Crippen molar-refractivity contribution in [2.45, 2.75) is 6.92 Å². The number of nitrogens with one attached hydrogen (secondary N) is 1. The standard InChI is InChI=1S/C19H23N3O4/c1-2-3-5-10-18(24)26-15-17(23)21-11-13-22(14-12-21)19(25)20-16-8-6-4-7-9-16/h2-10H,11-15H2,1H3,(H,20,25)/b3-2+,10-5+. The van der Waals surface area contributed by atoms with Crippen molar-refractivity contribution < 1.29 is 19.1 Å². The predicted octanol–water partition coefficient (Wildman–Crippen LogP) is 2.04. The van der Waals surface area contributed by atoms with Gasteiger partial charge in [-0.1, -0.05) is 36.4 Å². The fourth-order valence-corrected chi connectivity index (χ4v) is 2.40. The Labute approximate surface area is 152 Å². The fraction of sp³-hybridized carbons (Fsp3) is 0.316. The van der Waals surface area contributed by atoms with E-state index in [4.69, 9.17) is 4.74 Å². The molecule has 1 N–H and O–H groups in total. The number of benzene rings is 1. The Morgan fingerprint density at radius 1 is 1.04 bits per heavy atom. The number of anilines is 1. The number of amides is 3. The molecule has 138 valence electrons. The van der Waals surface area contributed by atoms with Crippen molar-refractivity contribution in [3.05, 3.63) is 54.6 Å². The molecule has 1 aromatic carbocycles. The molecule has 2 rings (SSSR count). The van der Waals surface area contributed by atoms with Crippen LogP contribution in [0.25, 0.3) is 0 Å². The van der Waals surface area contributed by atoms with Gasteiger partial charge in [0.25, 0.3) is 5.91 Å². The van der Waals surface area contributed by atoms with Crippen LogP contribution in [-0.4, -0.2) is 60.5 Å². The van der Waals surface area contributed by atoms with E-state index in [1.807, 2.05) is 37.3 Å². The Bertz CT molecular complexity index is 677. The Morgan fingerprint density at radius 2 is 1.69 bits per heavy atom. The third-order valence-corrected chi connectivity index (χ3v) is 3.82. The molecule has 1 aliphatic heterocycles. The van der Waals surface area contributed by atoms with Crippen LogP contribution in [-0.2, 0) is 14.3 Å². The number of allylic oxidation sites excluding steroid dienone is 3. The summed E-state index contributed by atoms with van der Waals surface area (Å²) in [6.07, 6.45) is 6.29. The number of ether oxygens (including phenoxy) is 1. The number of hydrogen-bond acceptors (Lipinski definition) is 4. The summed E-state index contributed by atoms with van der Waals surface area (Å²) < 4.78 is 4.91. The van der Waals surface area contributed by atoms with Gasteiger partial charge in [0.1, 0.15) is 0 Å². The molecule has 0 aliphatic carbocycles. The molecule has 0 bridgehead atoms. The van der Waals surface area contributed by atoms with Crippen LogP contribution in [0.3, 0.4) is 0 Å². The highest BCUT2D eigenvalue weighted by Gasteiger charge is 2.24. The first-order valence-corrected chi connectivity index (χ1v) is 8.45. The minimum Gasteiger partial charge on any atom is -0.452 e. The number of urea groups is 1. The normalized spacial score (nSPS) is 14.7. The van der Waals surface area contributed by atoms with Crippen LogP contribution in [0, 0.1) is 0 Å². The van der Waals surface area contributed by atoms with Gasteiger partial charge in [0.2, 0.25) is 0 Å². The number of nitrogens with zero attached hydrogens (tertiary/aromatic N) is 2. The Kier molecular flexibility index (Phi) is 7.42. The van der Waals surface area contributed by atoms with Gasteiger partial charge in [-0.2, -0.15) is 0 Å². The first-order chi connectivity index (χ1) is 12.6. The van der Waals surface area contributed by atoms with Crippen LogP contribution in [0.1, 0.15) is 6.92 Å². The summed E-state index contributed by atoms with van der Waals surface area (Å²) >= 11 is 0. The van der Waals surface area contributed by atoms with Gasteiger partial charge in [-0.05, 0) is 19.1 Å². The second-order valence-corrected chi connectivity index (χ2v) is 5.66. The summed E-state index contributed by atoms with van der Waals surface area (Å²) in [4.78, 5) is 39.0. The number of para-hydroxylation sites is 1. The number of carbonyl (C=O) groups excluding carboxylic acids is 3. The van der Waals surface area contributed by atoms with Crippen molar-refractivity contribution in [3.8, 4) is 0 Å². The summed E-state index contributed by atoms with van der Waals surface area (Å²) in [5.74, 6) is -0.821. The topological polar surface area (TPSA) is 79.0 Å². The van der Waals surface area contributed by atoms with E-state index in [1.54, 1.807) is 28.0 Å². The Balaban J connectivity index is 1.72. The number of piperazine rings is 1. The maximum atomic E-state index is 12.2. The monoisotopic (exact) mass is 357 g/mol. The van der Waals surface area contributed by atoms with Gasteiger partial charge >= 0.3 is 12.0 Å². The average molecular weight is 357 g/mol. The van der Waals surface area contributed by atoms with Crippen molar-refractivity contribution in [3.63, 3.8) is 0 Å². The fourth-order valence-electron chi connectivity index (χ4n) is 2.40. The van der Waals surface area contributed by atoms with E-state index < -0.39 is 5.97 Å². The van der Waals surface area contributed by atoms with E-state index in [9.17, 15) is 14.4 Å². The molecule has 1 fully saturated rings. The molecule has 3 amide bonds. The van der Waals surface area contributed by atoms with E-state index >= 15 is 0 Å². The first-order valence-electron chi connectivity index (χ1n) is 8.45. The van der Waals surface area contributed by atoms with Gasteiger partial charge < -0.3 is 19.9 Å². The van der Waals surface area contributed by atoms with Gasteiger partial charge in [0.05, 0.1) is 0 Å². The maximum absolute atomic E-state index is 12.2. The molecule has 26 heavy (non-hydrogen) atoms. The summed E-state index contributed by atoms with van der Waals surface area (Å²) in [5, 5.41) is 2.82. The van der Waals surface area contributed by atoms with Crippen molar-refractivity contribution in [2.24, 2.45) is 0 Å². The van der Waals surface area contributed by atoms with E-state index in [0.29, 0.717) is 26.2 Å². The zero-order valence-corrected chi connectivity index (χ0v) is 14.8. The molecule has 1 heterocycles. The van der Waals surface area contributed by atoms with Crippen molar-refractivity contribution in [2.75, 3.05) is 38.1 Å². The molecule has 0 radical (unpaired) electrons. The lowest BCUT2D eigenvalue weighted by Gasteiger charge is -2.34. The zero-order valence-electron chi connectivity index (χ0n) is 14.8. The third kappa shape index (κ3) is 6.08. The van der Waals surface area contributed by atoms with Crippen molar-refractivity contribution >= 4 is 23.6 Å². The molecular weight excluding hydrogens is 334 g/mol. The summed E-state index contributed by atoms with van der Waals surface area (Å²) in [5.41, 5.74) is 0.730. The molecule has 1 aromatic rings. The molecule has 1 saturated heterocycles. The second-order valence-electron chi connectivity index (χ2n) is 5.66. The Hall–Kier alpha value is -3.09. The quantitative estimate of drug-likeness (QED) is 0.497. The molecular formula is C19H23N3O4. The molecule has 0 aromatic heterocycles. The highest BCUT2D eigenvalue weighted by atomic mass is 16.5. The SMILES string of the molecule is C/C=C/C=C/C(=O)OCC(=O)N1CCN(C(=O)Nc2ccccc2)CC1. The molecule has 0 spiro atoms. The van der Waals surface area contributed by atoms with Crippen LogP contribution >= 0.6 is 0 Å². The predicted molar refractivity (Wildman–Crippen MR) is 98.5 cm³/mol. The molecule has 7 heteroatoms. The maximum Gasteiger partial charge on any atom is 0.331 e. The number of hydrogen-bond donors (Lipinski definition) is 1. The minimum atomic E-state index is -0.558. The highest BCUT2D eigenvalue weighted by molar-refractivity contribution is 5.89. The van der Waals surface area contributed by atoms with Crippen LogP contribution in [0.4, 0.5) is 10.5 Å². The zero-order chi connectivity index (χ0) is 18.8. The van der Waals surface area contributed by atoms with Gasteiger partial charge in [-0.15, -0.1) is 0 Å². The van der Waals surface area contributed by atoms with Gasteiger partial charge in [0, 0.05) is 37.9 Å². The van der Waals surface area contributed by atoms with Crippen LogP contribution in [0.5, 0.6) is 0 Å². The van der Waals surface area contributed by atoms with Crippen molar-refractivity contribution in [1.82, 2.24) is 9.80 Å². The molecule has 0 unspecified atom stereocenters. The van der Waals surface area contributed by atoms with E-state index in [-0.39, 0.29) is 18.5 Å². The van der Waals surface area contributed by atoms with Gasteiger partial charge in [0.15, 0.2) is 6.61 Å². The molecule has 0 saturated carbocycles. The van der Waals surface area contributed by atoms with Gasteiger partial charge in [-0.25, -0.2) is 9.59 Å². The van der Waals surface area contributed by atoms with Crippen LogP contribution < -0.4 is 5.32 Å². The molecule has 7 nitrogen and oxygen atoms in total. The number of rotatable bonds is 5. The summed E-state index contributed by atoms with van der Waals surface area (Å²) in [6.45, 7) is 3.22. The second kappa shape index (κ2) is 10.0. The smallest absolute Gasteiger partial charge is 0.331 e. The van der Waals surface area contributed by atoms with Gasteiger partial charge in [-0.3, -0.25) is 4.79 Å².